The molecule has 1 aliphatic carbocycles. The van der Waals surface area contributed by atoms with Gasteiger partial charge in [-0.2, -0.15) is 0 Å². The van der Waals surface area contributed by atoms with Crippen LogP contribution < -0.4 is 0 Å². The standard InChI is InChI=1S/C9H12O2/c1-7-5-8(11)3-4-9(7,2)6-10/h3-4,6-7H,5H2,1-2H3/t7-,9+/m1/s1. The fourth-order valence-electron chi connectivity index (χ4n) is 1.18. The summed E-state index contributed by atoms with van der Waals surface area (Å²) in [7, 11) is 0. The van der Waals surface area contributed by atoms with Crippen LogP contribution >= 0.6 is 0 Å². The molecule has 60 valence electrons. The summed E-state index contributed by atoms with van der Waals surface area (Å²) in [6, 6.07) is 0. The van der Waals surface area contributed by atoms with Gasteiger partial charge in [-0.25, -0.2) is 0 Å². The van der Waals surface area contributed by atoms with E-state index in [1.807, 2.05) is 13.8 Å². The summed E-state index contributed by atoms with van der Waals surface area (Å²) in [6.45, 7) is 3.78. The molecule has 0 amide bonds. The predicted octanol–water partition coefficient (Wildman–Crippen LogP) is 1.36. The maximum atomic E-state index is 10.9. The lowest BCUT2D eigenvalue weighted by atomic mass is 9.73. The van der Waals surface area contributed by atoms with Crippen LogP contribution in [0.5, 0.6) is 0 Å². The molecule has 0 aromatic heterocycles. The lowest BCUT2D eigenvalue weighted by molar-refractivity contribution is -0.120. The molecular weight excluding hydrogens is 140 g/mol. The van der Waals surface area contributed by atoms with Crippen LogP contribution in [0.3, 0.4) is 0 Å². The van der Waals surface area contributed by atoms with E-state index in [1.165, 1.54) is 6.08 Å². The van der Waals surface area contributed by atoms with E-state index in [2.05, 4.69) is 0 Å². The van der Waals surface area contributed by atoms with Crippen LogP contribution in [0.15, 0.2) is 12.2 Å². The van der Waals surface area contributed by atoms with Gasteiger partial charge in [-0.05, 0) is 18.9 Å². The van der Waals surface area contributed by atoms with Gasteiger partial charge in [0.05, 0.1) is 0 Å². The van der Waals surface area contributed by atoms with Crippen molar-refractivity contribution in [2.45, 2.75) is 20.3 Å². The second-order valence-corrected chi connectivity index (χ2v) is 3.39. The first-order valence-corrected chi connectivity index (χ1v) is 3.77. The Morgan fingerprint density at radius 1 is 1.73 bits per heavy atom. The van der Waals surface area contributed by atoms with Crippen molar-refractivity contribution in [1.82, 2.24) is 0 Å². The first kappa shape index (κ1) is 8.18. The molecule has 0 unspecified atom stereocenters. The zero-order valence-electron chi connectivity index (χ0n) is 6.83. The highest BCUT2D eigenvalue weighted by atomic mass is 16.1. The minimum absolute atomic E-state index is 0.122. The third kappa shape index (κ3) is 1.39. The molecule has 1 rings (SSSR count). The van der Waals surface area contributed by atoms with E-state index in [0.29, 0.717) is 6.42 Å². The van der Waals surface area contributed by atoms with E-state index < -0.39 is 5.41 Å². The van der Waals surface area contributed by atoms with Gasteiger partial charge in [0.15, 0.2) is 5.78 Å². The number of allylic oxidation sites excluding steroid dienone is 2. The molecular formula is C9H12O2. The fourth-order valence-corrected chi connectivity index (χ4v) is 1.18. The van der Waals surface area contributed by atoms with Crippen molar-refractivity contribution in [3.05, 3.63) is 12.2 Å². The van der Waals surface area contributed by atoms with Gasteiger partial charge in [0.1, 0.15) is 6.29 Å². The molecule has 2 atom stereocenters. The lowest BCUT2D eigenvalue weighted by Crippen LogP contribution is -2.29. The molecule has 0 heterocycles. The van der Waals surface area contributed by atoms with E-state index in [1.54, 1.807) is 6.08 Å². The number of ketones is 1. The highest BCUT2D eigenvalue weighted by molar-refractivity contribution is 5.92. The van der Waals surface area contributed by atoms with Gasteiger partial charge in [0.25, 0.3) is 0 Å². The zero-order chi connectivity index (χ0) is 8.48. The SMILES string of the molecule is C[C@@H]1CC(=O)C=C[C@@]1(C)C=O. The number of carbonyl (C=O) groups is 2. The van der Waals surface area contributed by atoms with Crippen LogP contribution in [0.25, 0.3) is 0 Å². The van der Waals surface area contributed by atoms with Crippen LogP contribution in [-0.2, 0) is 9.59 Å². The topological polar surface area (TPSA) is 34.1 Å². The van der Waals surface area contributed by atoms with Crippen LogP contribution in [0.1, 0.15) is 20.3 Å². The number of hydrogen-bond acceptors (Lipinski definition) is 2. The van der Waals surface area contributed by atoms with E-state index in [-0.39, 0.29) is 11.7 Å². The molecule has 0 bridgehead atoms. The summed E-state index contributed by atoms with van der Waals surface area (Å²) in [5.41, 5.74) is -0.423. The van der Waals surface area contributed by atoms with E-state index >= 15 is 0 Å². The number of hydrogen-bond donors (Lipinski definition) is 0. The fraction of sp³-hybridized carbons (Fsp3) is 0.556. The second kappa shape index (κ2) is 2.61. The van der Waals surface area contributed by atoms with Gasteiger partial charge >= 0.3 is 0 Å². The van der Waals surface area contributed by atoms with E-state index in [9.17, 15) is 9.59 Å². The Balaban J connectivity index is 2.91. The second-order valence-electron chi connectivity index (χ2n) is 3.39. The quantitative estimate of drug-likeness (QED) is 0.531. The first-order chi connectivity index (χ1) is 5.08. The van der Waals surface area contributed by atoms with Gasteiger partial charge in [0.2, 0.25) is 0 Å². The maximum Gasteiger partial charge on any atom is 0.155 e. The molecule has 0 radical (unpaired) electrons. The smallest absolute Gasteiger partial charge is 0.155 e. The van der Waals surface area contributed by atoms with E-state index in [4.69, 9.17) is 0 Å². The summed E-state index contributed by atoms with van der Waals surface area (Å²) in [5, 5.41) is 0. The number of aldehydes is 1. The van der Waals surface area contributed by atoms with Gasteiger partial charge in [-0.15, -0.1) is 0 Å². The van der Waals surface area contributed by atoms with Crippen molar-refractivity contribution in [2.24, 2.45) is 11.3 Å². The Labute approximate surface area is 66.3 Å². The zero-order valence-corrected chi connectivity index (χ0v) is 6.83. The van der Waals surface area contributed by atoms with Crippen LogP contribution in [0.4, 0.5) is 0 Å². The summed E-state index contributed by atoms with van der Waals surface area (Å²) >= 11 is 0. The molecule has 0 aromatic rings. The van der Waals surface area contributed by atoms with Crippen molar-refractivity contribution in [3.8, 4) is 0 Å². The molecule has 2 heteroatoms. The van der Waals surface area contributed by atoms with Gasteiger partial charge in [-0.3, -0.25) is 4.79 Å². The molecule has 11 heavy (non-hydrogen) atoms. The summed E-state index contributed by atoms with van der Waals surface area (Å²) in [6.07, 6.45) is 4.62. The third-order valence-electron chi connectivity index (χ3n) is 2.45. The van der Waals surface area contributed by atoms with Crippen LogP contribution in [0.2, 0.25) is 0 Å². The van der Waals surface area contributed by atoms with Crippen molar-refractivity contribution in [3.63, 3.8) is 0 Å². The van der Waals surface area contributed by atoms with Crippen molar-refractivity contribution in [1.29, 1.82) is 0 Å². The highest BCUT2D eigenvalue weighted by Crippen LogP contribution is 2.32. The largest absolute Gasteiger partial charge is 0.302 e. The Hall–Kier alpha value is -0.920. The average Bonchev–Trinajstić information content (AvgIpc) is 1.98. The first-order valence-electron chi connectivity index (χ1n) is 3.77. The number of carbonyl (C=O) groups excluding carboxylic acids is 2. The highest BCUT2D eigenvalue weighted by Gasteiger charge is 2.32. The van der Waals surface area contributed by atoms with Crippen LogP contribution in [-0.4, -0.2) is 12.1 Å². The van der Waals surface area contributed by atoms with Crippen molar-refractivity contribution < 1.29 is 9.59 Å². The van der Waals surface area contributed by atoms with Gasteiger partial charge in [-0.1, -0.05) is 13.0 Å². The third-order valence-corrected chi connectivity index (χ3v) is 2.45. The Bertz CT molecular complexity index is 218. The van der Waals surface area contributed by atoms with E-state index in [0.717, 1.165) is 6.29 Å². The predicted molar refractivity (Wildman–Crippen MR) is 42.1 cm³/mol. The van der Waals surface area contributed by atoms with Crippen molar-refractivity contribution in [2.75, 3.05) is 0 Å². The molecule has 0 aromatic carbocycles. The molecule has 0 saturated heterocycles. The summed E-state index contributed by atoms with van der Waals surface area (Å²) in [5.74, 6) is 0.259. The minimum Gasteiger partial charge on any atom is -0.302 e. The summed E-state index contributed by atoms with van der Waals surface area (Å²) < 4.78 is 0. The molecule has 0 aliphatic heterocycles. The molecule has 0 N–H and O–H groups in total. The Kier molecular flexibility index (Phi) is 1.94. The number of rotatable bonds is 1. The van der Waals surface area contributed by atoms with Crippen LogP contribution in [0, 0.1) is 11.3 Å². The normalized spacial score (nSPS) is 37.3. The lowest BCUT2D eigenvalue weighted by Gasteiger charge is -2.28. The molecule has 0 spiro atoms. The molecule has 2 nitrogen and oxygen atoms in total. The average molecular weight is 152 g/mol. The Morgan fingerprint density at radius 3 is 2.82 bits per heavy atom. The molecule has 0 saturated carbocycles. The van der Waals surface area contributed by atoms with Gasteiger partial charge in [0, 0.05) is 11.8 Å². The van der Waals surface area contributed by atoms with Gasteiger partial charge < -0.3 is 4.79 Å². The molecule has 0 fully saturated rings. The monoisotopic (exact) mass is 152 g/mol. The van der Waals surface area contributed by atoms with Crippen molar-refractivity contribution >= 4 is 12.1 Å². The summed E-state index contributed by atoms with van der Waals surface area (Å²) in [4.78, 5) is 21.5. The maximum absolute atomic E-state index is 10.9. The Morgan fingerprint density at radius 2 is 2.36 bits per heavy atom. The molecule has 1 aliphatic rings. The minimum atomic E-state index is -0.423.